The number of rotatable bonds is 2. The minimum absolute atomic E-state index is 0.378. The average molecular weight is 441 g/mol. The van der Waals surface area contributed by atoms with Gasteiger partial charge in [-0.2, -0.15) is 0 Å². The largest absolute Gasteiger partial charge is 0.367 e. The van der Waals surface area contributed by atoms with Gasteiger partial charge in [-0.05, 0) is 58.5 Å². The zero-order valence-corrected chi connectivity index (χ0v) is 19.6. The Balaban J connectivity index is 1.28. The number of hydrogen-bond donors (Lipinski definition) is 0. The highest BCUT2D eigenvalue weighted by Crippen LogP contribution is 2.45. The Hall–Kier alpha value is -3.78. The van der Waals surface area contributed by atoms with Crippen LogP contribution >= 0.6 is 0 Å². The van der Waals surface area contributed by atoms with Gasteiger partial charge in [0, 0.05) is 48.2 Å². The van der Waals surface area contributed by atoms with Crippen molar-refractivity contribution in [3.63, 3.8) is 0 Å². The van der Waals surface area contributed by atoms with Crippen molar-refractivity contribution in [3.05, 3.63) is 125 Å². The highest BCUT2D eigenvalue weighted by atomic mass is 15.2. The van der Waals surface area contributed by atoms with Crippen molar-refractivity contribution in [1.82, 2.24) is 4.57 Å². The number of hydrogen-bond acceptors (Lipinski definition) is 1. The summed E-state index contributed by atoms with van der Waals surface area (Å²) in [6, 6.07) is 27.1. The maximum absolute atomic E-state index is 2.47. The van der Waals surface area contributed by atoms with Crippen LogP contribution in [0.2, 0.25) is 0 Å². The van der Waals surface area contributed by atoms with Gasteiger partial charge in [0.25, 0.3) is 0 Å². The van der Waals surface area contributed by atoms with Crippen molar-refractivity contribution in [1.29, 1.82) is 0 Å². The zero-order chi connectivity index (χ0) is 22.8. The Morgan fingerprint density at radius 2 is 1.65 bits per heavy atom. The number of likely N-dealkylation sites (N-methyl/N-ethyl adjacent to an activating group) is 1. The van der Waals surface area contributed by atoms with E-state index in [2.05, 4.69) is 127 Å². The topological polar surface area (TPSA) is 8.17 Å². The van der Waals surface area contributed by atoms with Crippen LogP contribution in [0.3, 0.4) is 0 Å². The van der Waals surface area contributed by atoms with Crippen LogP contribution in [0, 0.1) is 0 Å². The lowest BCUT2D eigenvalue weighted by atomic mass is 9.85. The molecule has 3 unspecified atom stereocenters. The van der Waals surface area contributed by atoms with Crippen LogP contribution in [0.15, 0.2) is 97.1 Å². The molecule has 1 aliphatic heterocycles. The van der Waals surface area contributed by atoms with Gasteiger partial charge in [-0.1, -0.05) is 78.9 Å². The van der Waals surface area contributed by atoms with E-state index < -0.39 is 0 Å². The second-order valence-corrected chi connectivity index (χ2v) is 9.90. The van der Waals surface area contributed by atoms with Gasteiger partial charge in [-0.15, -0.1) is 0 Å². The van der Waals surface area contributed by atoms with E-state index in [1.807, 2.05) is 0 Å². The fraction of sp³-hybridized carbons (Fsp3) is 0.188. The molecule has 4 aromatic rings. The first-order chi connectivity index (χ1) is 16.7. The maximum Gasteiger partial charge on any atom is 0.0583 e. The van der Waals surface area contributed by atoms with Crippen LogP contribution in [0.4, 0.5) is 5.69 Å². The number of aromatic nitrogens is 1. The van der Waals surface area contributed by atoms with Gasteiger partial charge in [0.15, 0.2) is 0 Å². The molecule has 0 amide bonds. The van der Waals surface area contributed by atoms with Crippen molar-refractivity contribution in [2.24, 2.45) is 7.05 Å². The summed E-state index contributed by atoms with van der Waals surface area (Å²) < 4.78 is 2.36. The Kier molecular flexibility index (Phi) is 4.26. The predicted molar refractivity (Wildman–Crippen MR) is 143 cm³/mol. The van der Waals surface area contributed by atoms with E-state index >= 15 is 0 Å². The molecular weight excluding hydrogens is 412 g/mol. The van der Waals surface area contributed by atoms with E-state index in [0.717, 1.165) is 6.42 Å². The Morgan fingerprint density at radius 3 is 2.53 bits per heavy atom. The van der Waals surface area contributed by atoms with Crippen molar-refractivity contribution in [2.75, 3.05) is 11.9 Å². The molecule has 0 bridgehead atoms. The average Bonchev–Trinajstić information content (AvgIpc) is 3.35. The summed E-state index contributed by atoms with van der Waals surface area (Å²) in [6.07, 6.45) is 13.0. The van der Waals surface area contributed by atoms with Gasteiger partial charge >= 0.3 is 0 Å². The van der Waals surface area contributed by atoms with Gasteiger partial charge < -0.3 is 9.47 Å². The van der Waals surface area contributed by atoms with Crippen LogP contribution in [0.5, 0.6) is 0 Å². The first kappa shape index (κ1) is 19.7. The van der Waals surface area contributed by atoms with E-state index in [9.17, 15) is 0 Å². The summed E-state index contributed by atoms with van der Waals surface area (Å²) in [5.41, 5.74) is 11.0. The normalized spacial score (nSPS) is 22.5. The molecule has 3 aromatic carbocycles. The Labute approximate surface area is 201 Å². The molecule has 3 atom stereocenters. The third kappa shape index (κ3) is 2.81. The maximum atomic E-state index is 2.47. The second-order valence-electron chi connectivity index (χ2n) is 9.90. The zero-order valence-electron chi connectivity index (χ0n) is 19.6. The highest BCUT2D eigenvalue weighted by molar-refractivity contribution is 5.93. The molecule has 166 valence electrons. The van der Waals surface area contributed by atoms with E-state index in [4.69, 9.17) is 0 Å². The Bertz CT molecular complexity index is 1520. The molecule has 2 heterocycles. The molecule has 3 aliphatic rings. The predicted octanol–water partition coefficient (Wildman–Crippen LogP) is 7.09. The lowest BCUT2D eigenvalue weighted by molar-refractivity contribution is 0.725. The van der Waals surface area contributed by atoms with Gasteiger partial charge in [0.05, 0.1) is 6.04 Å². The SMILES string of the molecule is CN1c2ccccc2C2C=CC(c3ccc4c(c3)c3c(n4C)C=CC(c4ccccc4)C3)=CC21. The van der Waals surface area contributed by atoms with Crippen LogP contribution < -0.4 is 4.90 Å². The molecule has 2 heteroatoms. The summed E-state index contributed by atoms with van der Waals surface area (Å²) in [4.78, 5) is 2.43. The van der Waals surface area contributed by atoms with Gasteiger partial charge in [-0.3, -0.25) is 0 Å². The van der Waals surface area contributed by atoms with E-state index in [-0.39, 0.29) is 0 Å². The van der Waals surface area contributed by atoms with Crippen molar-refractivity contribution in [2.45, 2.75) is 24.3 Å². The van der Waals surface area contributed by atoms with E-state index in [1.54, 1.807) is 0 Å². The number of fused-ring (bicyclic) bond motifs is 6. The number of nitrogens with zero attached hydrogens (tertiary/aromatic N) is 2. The van der Waals surface area contributed by atoms with E-state index in [1.165, 1.54) is 50.1 Å². The van der Waals surface area contributed by atoms with Crippen LogP contribution in [-0.2, 0) is 13.5 Å². The molecule has 0 radical (unpaired) electrons. The molecule has 0 N–H and O–H groups in total. The molecule has 0 fully saturated rings. The lowest BCUT2D eigenvalue weighted by Gasteiger charge is -2.26. The van der Waals surface area contributed by atoms with Crippen LogP contribution in [0.1, 0.15) is 39.8 Å². The molecule has 0 saturated carbocycles. The molecular formula is C32H28N2. The van der Waals surface area contributed by atoms with E-state index in [0.29, 0.717) is 17.9 Å². The smallest absolute Gasteiger partial charge is 0.0583 e. The second kappa shape index (κ2) is 7.36. The molecule has 1 aromatic heterocycles. The fourth-order valence-corrected chi connectivity index (χ4v) is 6.32. The summed E-state index contributed by atoms with van der Waals surface area (Å²) in [6.45, 7) is 0. The van der Waals surface area contributed by atoms with Gasteiger partial charge in [-0.25, -0.2) is 0 Å². The summed E-state index contributed by atoms with van der Waals surface area (Å²) in [5, 5.41) is 1.39. The van der Waals surface area contributed by atoms with Crippen molar-refractivity contribution >= 4 is 28.2 Å². The Morgan fingerprint density at radius 1 is 0.824 bits per heavy atom. The first-order valence-electron chi connectivity index (χ1n) is 12.3. The van der Waals surface area contributed by atoms with Crippen molar-refractivity contribution < 1.29 is 0 Å². The van der Waals surface area contributed by atoms with Gasteiger partial charge in [0.1, 0.15) is 0 Å². The molecule has 34 heavy (non-hydrogen) atoms. The molecule has 2 aliphatic carbocycles. The molecule has 2 nitrogen and oxygen atoms in total. The fourth-order valence-electron chi connectivity index (χ4n) is 6.32. The third-order valence-electron chi connectivity index (χ3n) is 8.15. The minimum atomic E-state index is 0.378. The van der Waals surface area contributed by atoms with Crippen molar-refractivity contribution in [3.8, 4) is 0 Å². The summed E-state index contributed by atoms with van der Waals surface area (Å²) in [5.74, 6) is 0.873. The minimum Gasteiger partial charge on any atom is -0.367 e. The van der Waals surface area contributed by atoms with Crippen LogP contribution in [-0.4, -0.2) is 17.7 Å². The van der Waals surface area contributed by atoms with Crippen LogP contribution in [0.25, 0.3) is 22.6 Å². The number of aryl methyl sites for hydroxylation is 1. The lowest BCUT2D eigenvalue weighted by Crippen LogP contribution is -2.29. The number of benzene rings is 3. The molecule has 0 saturated heterocycles. The molecule has 0 spiro atoms. The highest BCUT2D eigenvalue weighted by Gasteiger charge is 2.35. The van der Waals surface area contributed by atoms with Gasteiger partial charge in [0.2, 0.25) is 0 Å². The standard InChI is InChI=1S/C32H28N2/c1-33-30-16-13-22(21-8-4-3-5-9-21)18-27(30)28-19-23(14-17-31(28)33)24-12-15-26-25-10-6-7-11-29(25)34(2)32(26)20-24/h3-17,19-20,22,26,32H,18H2,1-2H3. The monoisotopic (exact) mass is 440 g/mol. The number of allylic oxidation sites excluding steroid dienone is 3. The summed E-state index contributed by atoms with van der Waals surface area (Å²) in [7, 11) is 4.42. The third-order valence-corrected chi connectivity index (χ3v) is 8.15. The molecule has 7 rings (SSSR count). The number of para-hydroxylation sites is 1. The first-order valence-corrected chi connectivity index (χ1v) is 12.3. The summed E-state index contributed by atoms with van der Waals surface area (Å²) >= 11 is 0. The quantitative estimate of drug-likeness (QED) is 0.323. The number of anilines is 1.